The van der Waals surface area contributed by atoms with Gasteiger partial charge in [0, 0.05) is 6.04 Å². The molecule has 0 aliphatic heterocycles. The Morgan fingerprint density at radius 3 is 2.18 bits per heavy atom. The summed E-state index contributed by atoms with van der Waals surface area (Å²) in [4.78, 5) is 0. The Balaban J connectivity index is 2.25. The fourth-order valence-corrected chi connectivity index (χ4v) is 1.78. The van der Waals surface area contributed by atoms with E-state index in [9.17, 15) is 0 Å². The normalized spacial score (nSPS) is 20.7. The molecule has 1 radical (unpaired) electrons. The molecule has 0 aromatic heterocycles. The van der Waals surface area contributed by atoms with Crippen LogP contribution in [0.15, 0.2) is 0 Å². The van der Waals surface area contributed by atoms with Crippen molar-refractivity contribution < 1.29 is 0 Å². The standard InChI is InChI=1S/C8H15N2S/c9-8(11)10-7-5-3-1-2-4-6-7/h7,9H,1-6H2,(H,10,11). The van der Waals surface area contributed by atoms with Crippen molar-refractivity contribution in [2.45, 2.75) is 44.6 Å². The Hall–Kier alpha value is -0.310. The van der Waals surface area contributed by atoms with E-state index < -0.39 is 0 Å². The molecule has 0 heterocycles. The molecule has 0 saturated heterocycles. The zero-order chi connectivity index (χ0) is 8.10. The number of hydrogen-bond acceptors (Lipinski definition) is 1. The SMILES string of the molecule is [NH]C(=S)NC1CCCCCC1. The summed E-state index contributed by atoms with van der Waals surface area (Å²) in [6, 6.07) is 0.488. The summed E-state index contributed by atoms with van der Waals surface area (Å²) in [7, 11) is 0. The highest BCUT2D eigenvalue weighted by molar-refractivity contribution is 7.80. The largest absolute Gasteiger partial charge is 0.359 e. The lowest BCUT2D eigenvalue weighted by atomic mass is 10.1. The molecule has 0 amide bonds. The van der Waals surface area contributed by atoms with Gasteiger partial charge < -0.3 is 5.32 Å². The first-order chi connectivity index (χ1) is 5.29. The van der Waals surface area contributed by atoms with Crippen LogP contribution in [-0.4, -0.2) is 11.2 Å². The summed E-state index contributed by atoms with van der Waals surface area (Å²) in [6.45, 7) is 0. The molecule has 11 heavy (non-hydrogen) atoms. The van der Waals surface area contributed by atoms with Crippen molar-refractivity contribution in [1.82, 2.24) is 11.1 Å². The van der Waals surface area contributed by atoms with Gasteiger partial charge in [-0.05, 0) is 25.1 Å². The lowest BCUT2D eigenvalue weighted by molar-refractivity contribution is 0.533. The van der Waals surface area contributed by atoms with Crippen LogP contribution >= 0.6 is 12.2 Å². The van der Waals surface area contributed by atoms with Crippen LogP contribution < -0.4 is 11.1 Å². The summed E-state index contributed by atoms with van der Waals surface area (Å²) >= 11 is 4.68. The summed E-state index contributed by atoms with van der Waals surface area (Å²) in [5.74, 6) is 0. The first-order valence-corrected chi connectivity index (χ1v) is 4.72. The van der Waals surface area contributed by atoms with Gasteiger partial charge in [-0.3, -0.25) is 5.73 Å². The minimum absolute atomic E-state index is 0.205. The van der Waals surface area contributed by atoms with E-state index in [1.54, 1.807) is 0 Å². The predicted octanol–water partition coefficient (Wildman–Crippen LogP) is 1.87. The highest BCUT2D eigenvalue weighted by Crippen LogP contribution is 2.16. The topological polar surface area (TPSA) is 35.8 Å². The molecule has 2 nitrogen and oxygen atoms in total. The zero-order valence-corrected chi connectivity index (χ0v) is 7.54. The van der Waals surface area contributed by atoms with Crippen molar-refractivity contribution in [3.05, 3.63) is 0 Å². The Morgan fingerprint density at radius 1 is 1.18 bits per heavy atom. The van der Waals surface area contributed by atoms with Crippen LogP contribution in [0.3, 0.4) is 0 Å². The third kappa shape index (κ3) is 3.56. The molecule has 0 bridgehead atoms. The van der Waals surface area contributed by atoms with Gasteiger partial charge in [0.1, 0.15) is 0 Å². The summed E-state index contributed by atoms with van der Waals surface area (Å²) in [6.07, 6.45) is 7.67. The van der Waals surface area contributed by atoms with Gasteiger partial charge in [0.05, 0.1) is 0 Å². The van der Waals surface area contributed by atoms with Gasteiger partial charge in [-0.15, -0.1) is 0 Å². The van der Waals surface area contributed by atoms with E-state index >= 15 is 0 Å². The second-order valence-corrected chi connectivity index (χ2v) is 3.57. The quantitative estimate of drug-likeness (QED) is 0.483. The van der Waals surface area contributed by atoms with Crippen LogP contribution in [0.25, 0.3) is 0 Å². The van der Waals surface area contributed by atoms with Crippen molar-refractivity contribution in [2.24, 2.45) is 0 Å². The van der Waals surface area contributed by atoms with Gasteiger partial charge in [0.25, 0.3) is 0 Å². The molecule has 1 aliphatic rings. The maximum Gasteiger partial charge on any atom is 0.185 e. The summed E-state index contributed by atoms with van der Waals surface area (Å²) in [5.41, 5.74) is 7.11. The Morgan fingerprint density at radius 2 is 1.73 bits per heavy atom. The first kappa shape index (κ1) is 8.78. The highest BCUT2D eigenvalue weighted by Gasteiger charge is 2.11. The van der Waals surface area contributed by atoms with Crippen molar-refractivity contribution >= 4 is 17.3 Å². The number of hydrogen-bond donors (Lipinski definition) is 1. The molecule has 63 valence electrons. The highest BCUT2D eigenvalue weighted by atomic mass is 32.1. The molecule has 0 aromatic rings. The van der Waals surface area contributed by atoms with E-state index in [1.165, 1.54) is 38.5 Å². The van der Waals surface area contributed by atoms with Crippen LogP contribution in [-0.2, 0) is 0 Å². The average Bonchev–Trinajstić information content (AvgIpc) is 2.14. The molecule has 1 rings (SSSR count). The van der Waals surface area contributed by atoms with Gasteiger partial charge in [0.2, 0.25) is 0 Å². The number of thiocarbonyl (C=S) groups is 1. The summed E-state index contributed by atoms with van der Waals surface area (Å²) < 4.78 is 0. The fourth-order valence-electron chi connectivity index (χ4n) is 1.61. The van der Waals surface area contributed by atoms with E-state index in [0.29, 0.717) is 6.04 Å². The van der Waals surface area contributed by atoms with Gasteiger partial charge >= 0.3 is 0 Å². The number of rotatable bonds is 1. The van der Waals surface area contributed by atoms with Crippen LogP contribution in [0.5, 0.6) is 0 Å². The van der Waals surface area contributed by atoms with Crippen LogP contribution in [0.1, 0.15) is 38.5 Å². The lowest BCUT2D eigenvalue weighted by Gasteiger charge is -2.14. The Bertz CT molecular complexity index is 128. The molecule has 1 saturated carbocycles. The molecular weight excluding hydrogens is 156 g/mol. The molecule has 0 unspecified atom stereocenters. The Labute approximate surface area is 73.5 Å². The molecule has 0 atom stereocenters. The fraction of sp³-hybridized carbons (Fsp3) is 0.875. The average molecular weight is 171 g/mol. The molecular formula is C8H15N2S. The van der Waals surface area contributed by atoms with Crippen molar-refractivity contribution in [3.8, 4) is 0 Å². The van der Waals surface area contributed by atoms with E-state index in [1.807, 2.05) is 0 Å². The van der Waals surface area contributed by atoms with E-state index in [0.717, 1.165) is 0 Å². The summed E-state index contributed by atoms with van der Waals surface area (Å²) in [5, 5.41) is 3.23. The monoisotopic (exact) mass is 171 g/mol. The van der Waals surface area contributed by atoms with Gasteiger partial charge in [-0.2, -0.15) is 0 Å². The number of nitrogens with one attached hydrogen (secondary N) is 2. The second-order valence-electron chi connectivity index (χ2n) is 3.16. The molecule has 0 spiro atoms. The van der Waals surface area contributed by atoms with Crippen molar-refractivity contribution in [3.63, 3.8) is 0 Å². The van der Waals surface area contributed by atoms with Gasteiger partial charge in [-0.1, -0.05) is 25.7 Å². The second kappa shape index (κ2) is 4.54. The van der Waals surface area contributed by atoms with Crippen LogP contribution in [0.2, 0.25) is 0 Å². The molecule has 1 fully saturated rings. The molecule has 1 aliphatic carbocycles. The van der Waals surface area contributed by atoms with Gasteiger partial charge in [-0.25, -0.2) is 0 Å². The molecule has 3 heteroatoms. The third-order valence-corrected chi connectivity index (χ3v) is 2.31. The minimum Gasteiger partial charge on any atom is -0.359 e. The third-order valence-electron chi connectivity index (χ3n) is 2.19. The van der Waals surface area contributed by atoms with E-state index in [4.69, 9.17) is 5.73 Å². The van der Waals surface area contributed by atoms with Crippen LogP contribution in [0, 0.1) is 0 Å². The smallest absolute Gasteiger partial charge is 0.185 e. The maximum atomic E-state index is 7.11. The van der Waals surface area contributed by atoms with Crippen molar-refractivity contribution in [2.75, 3.05) is 0 Å². The van der Waals surface area contributed by atoms with E-state index in [-0.39, 0.29) is 5.11 Å². The Kier molecular flexibility index (Phi) is 3.63. The lowest BCUT2D eigenvalue weighted by Crippen LogP contribution is -2.33. The predicted molar refractivity (Wildman–Crippen MR) is 50.3 cm³/mol. The first-order valence-electron chi connectivity index (χ1n) is 4.31. The van der Waals surface area contributed by atoms with Crippen molar-refractivity contribution in [1.29, 1.82) is 0 Å². The molecule has 2 N–H and O–H groups in total. The van der Waals surface area contributed by atoms with Crippen LogP contribution in [0.4, 0.5) is 0 Å². The van der Waals surface area contributed by atoms with E-state index in [2.05, 4.69) is 17.5 Å². The van der Waals surface area contributed by atoms with Gasteiger partial charge in [0.15, 0.2) is 5.11 Å². The maximum absolute atomic E-state index is 7.11. The molecule has 0 aromatic carbocycles. The zero-order valence-electron chi connectivity index (χ0n) is 6.73. The minimum atomic E-state index is 0.205.